The van der Waals surface area contributed by atoms with Crippen molar-refractivity contribution in [3.63, 3.8) is 0 Å². The summed E-state index contributed by atoms with van der Waals surface area (Å²) in [6.07, 6.45) is 4.02. The van der Waals surface area contributed by atoms with Crippen molar-refractivity contribution in [3.8, 4) is 34.0 Å². The summed E-state index contributed by atoms with van der Waals surface area (Å²) in [7, 11) is 0. The van der Waals surface area contributed by atoms with Gasteiger partial charge in [-0.1, -0.05) is 35.5 Å². The fourth-order valence-electron chi connectivity index (χ4n) is 4.08. The third-order valence-electron chi connectivity index (χ3n) is 5.98. The van der Waals surface area contributed by atoms with Crippen LogP contribution in [-0.4, -0.2) is 24.6 Å². The molecule has 0 atom stereocenters. The minimum atomic E-state index is -0.446. The molecule has 3 aromatic heterocycles. The Morgan fingerprint density at radius 3 is 2.51 bits per heavy atom. The lowest BCUT2D eigenvalue weighted by molar-refractivity contribution is 0.282. The first kappa shape index (κ1) is 23.1. The number of nitrogens with zero attached hydrogens (tertiary/aromatic N) is 4. The SMILES string of the molecule is OCc1cccc(-c2ccc(-c3noc(-c4ccc(SCc5cn6ccccc6n5)cc4)n3)c(F)c2)c1. The van der Waals surface area contributed by atoms with Gasteiger partial charge in [0.2, 0.25) is 5.82 Å². The molecule has 0 radical (unpaired) electrons. The Hall–Kier alpha value is -4.27. The summed E-state index contributed by atoms with van der Waals surface area (Å²) in [5.41, 5.74) is 5.26. The normalized spacial score (nSPS) is 11.3. The van der Waals surface area contributed by atoms with Crippen LogP contribution < -0.4 is 0 Å². The first-order valence-electron chi connectivity index (χ1n) is 11.7. The summed E-state index contributed by atoms with van der Waals surface area (Å²) < 4.78 is 22.4. The number of pyridine rings is 1. The zero-order chi connectivity index (χ0) is 25.2. The van der Waals surface area contributed by atoms with Crippen LogP contribution in [0.15, 0.2) is 107 Å². The van der Waals surface area contributed by atoms with Crippen molar-refractivity contribution in [1.82, 2.24) is 19.5 Å². The third kappa shape index (κ3) is 4.89. The molecule has 3 aromatic carbocycles. The predicted octanol–water partition coefficient (Wildman–Crippen LogP) is 6.64. The van der Waals surface area contributed by atoms with Crippen LogP contribution in [0.4, 0.5) is 4.39 Å². The number of aliphatic hydroxyl groups is 1. The van der Waals surface area contributed by atoms with Gasteiger partial charge in [0.25, 0.3) is 5.89 Å². The Bertz CT molecular complexity index is 1660. The Balaban J connectivity index is 1.16. The van der Waals surface area contributed by atoms with E-state index in [1.807, 2.05) is 83.5 Å². The number of hydrogen-bond acceptors (Lipinski definition) is 6. The third-order valence-corrected chi connectivity index (χ3v) is 7.03. The molecular weight excluding hydrogens is 487 g/mol. The molecule has 0 fully saturated rings. The van der Waals surface area contributed by atoms with Crippen molar-refractivity contribution in [2.45, 2.75) is 17.3 Å². The van der Waals surface area contributed by atoms with Crippen molar-refractivity contribution in [2.24, 2.45) is 0 Å². The summed E-state index contributed by atoms with van der Waals surface area (Å²) in [4.78, 5) is 10.1. The zero-order valence-electron chi connectivity index (χ0n) is 19.6. The van der Waals surface area contributed by atoms with Gasteiger partial charge < -0.3 is 14.0 Å². The van der Waals surface area contributed by atoms with Gasteiger partial charge in [-0.2, -0.15) is 4.98 Å². The van der Waals surface area contributed by atoms with Gasteiger partial charge in [0.15, 0.2) is 0 Å². The van der Waals surface area contributed by atoms with Crippen LogP contribution in [0.1, 0.15) is 11.3 Å². The van der Waals surface area contributed by atoms with Crippen LogP contribution in [0.5, 0.6) is 0 Å². The average Bonchev–Trinajstić information content (AvgIpc) is 3.59. The smallest absolute Gasteiger partial charge is 0.258 e. The van der Waals surface area contributed by atoms with Gasteiger partial charge in [-0.05, 0) is 71.3 Å². The highest BCUT2D eigenvalue weighted by molar-refractivity contribution is 7.98. The van der Waals surface area contributed by atoms with Crippen LogP contribution in [0, 0.1) is 5.82 Å². The van der Waals surface area contributed by atoms with Crippen molar-refractivity contribution in [1.29, 1.82) is 0 Å². The van der Waals surface area contributed by atoms with E-state index < -0.39 is 5.82 Å². The van der Waals surface area contributed by atoms with E-state index in [-0.39, 0.29) is 18.0 Å². The molecule has 6 nitrogen and oxygen atoms in total. The number of imidazole rings is 1. The molecule has 0 unspecified atom stereocenters. The number of benzene rings is 3. The molecule has 0 aliphatic rings. The van der Waals surface area contributed by atoms with E-state index in [2.05, 4.69) is 15.1 Å². The van der Waals surface area contributed by atoms with Crippen LogP contribution in [0.25, 0.3) is 39.6 Å². The van der Waals surface area contributed by atoms with Crippen molar-refractivity contribution in [3.05, 3.63) is 114 Å². The lowest BCUT2D eigenvalue weighted by atomic mass is 10.0. The molecule has 8 heteroatoms. The van der Waals surface area contributed by atoms with Gasteiger partial charge >= 0.3 is 0 Å². The molecule has 0 saturated heterocycles. The van der Waals surface area contributed by atoms with E-state index in [0.717, 1.165) is 38.7 Å². The number of aliphatic hydroxyl groups excluding tert-OH is 1. The molecule has 0 aliphatic heterocycles. The van der Waals surface area contributed by atoms with Crippen LogP contribution in [0.3, 0.4) is 0 Å². The van der Waals surface area contributed by atoms with E-state index in [9.17, 15) is 9.50 Å². The van der Waals surface area contributed by atoms with Crippen molar-refractivity contribution in [2.75, 3.05) is 0 Å². The van der Waals surface area contributed by atoms with Crippen molar-refractivity contribution >= 4 is 17.4 Å². The second-order valence-electron chi connectivity index (χ2n) is 8.49. The fourth-order valence-corrected chi connectivity index (χ4v) is 4.87. The highest BCUT2D eigenvalue weighted by Crippen LogP contribution is 2.30. The second kappa shape index (κ2) is 10.0. The van der Waals surface area contributed by atoms with E-state index >= 15 is 0 Å². The molecular formula is C29H21FN4O2S. The van der Waals surface area contributed by atoms with Crippen LogP contribution in [-0.2, 0) is 12.4 Å². The Morgan fingerprint density at radius 2 is 1.70 bits per heavy atom. The maximum atomic E-state index is 15.0. The highest BCUT2D eigenvalue weighted by atomic mass is 32.2. The van der Waals surface area contributed by atoms with Gasteiger partial charge in [-0.3, -0.25) is 0 Å². The molecule has 1 N–H and O–H groups in total. The molecule has 0 amide bonds. The quantitative estimate of drug-likeness (QED) is 0.244. The molecule has 0 spiro atoms. The van der Waals surface area contributed by atoms with Gasteiger partial charge in [0, 0.05) is 28.6 Å². The number of rotatable bonds is 7. The van der Waals surface area contributed by atoms with Gasteiger partial charge in [-0.15, -0.1) is 11.8 Å². The Kier molecular flexibility index (Phi) is 6.26. The molecule has 0 aliphatic carbocycles. The highest BCUT2D eigenvalue weighted by Gasteiger charge is 2.15. The van der Waals surface area contributed by atoms with Gasteiger partial charge in [0.05, 0.1) is 17.9 Å². The van der Waals surface area contributed by atoms with Gasteiger partial charge in [-0.25, -0.2) is 9.37 Å². The van der Waals surface area contributed by atoms with E-state index in [1.54, 1.807) is 23.9 Å². The summed E-state index contributed by atoms with van der Waals surface area (Å²) in [5.74, 6) is 0.822. The van der Waals surface area contributed by atoms with Crippen LogP contribution >= 0.6 is 11.8 Å². The minimum absolute atomic E-state index is 0.0679. The number of fused-ring (bicyclic) bond motifs is 1. The molecule has 6 rings (SSSR count). The number of hydrogen-bond donors (Lipinski definition) is 1. The van der Waals surface area contributed by atoms with E-state index in [4.69, 9.17) is 4.52 Å². The molecule has 37 heavy (non-hydrogen) atoms. The number of thioether (sulfide) groups is 1. The molecule has 182 valence electrons. The maximum absolute atomic E-state index is 15.0. The Labute approximate surface area is 216 Å². The lowest BCUT2D eigenvalue weighted by Gasteiger charge is -2.06. The van der Waals surface area contributed by atoms with E-state index in [0.29, 0.717) is 11.5 Å². The minimum Gasteiger partial charge on any atom is -0.392 e. The van der Waals surface area contributed by atoms with Crippen LogP contribution in [0.2, 0.25) is 0 Å². The zero-order valence-corrected chi connectivity index (χ0v) is 20.4. The maximum Gasteiger partial charge on any atom is 0.258 e. The summed E-state index contributed by atoms with van der Waals surface area (Å²) in [5, 5.41) is 13.4. The molecule has 0 bridgehead atoms. The van der Waals surface area contributed by atoms with E-state index in [1.165, 1.54) is 6.07 Å². The second-order valence-corrected chi connectivity index (χ2v) is 9.54. The summed E-state index contributed by atoms with van der Waals surface area (Å²) >= 11 is 1.69. The monoisotopic (exact) mass is 508 g/mol. The first-order valence-corrected chi connectivity index (χ1v) is 12.6. The average molecular weight is 509 g/mol. The molecule has 6 aromatic rings. The first-order chi connectivity index (χ1) is 18.2. The predicted molar refractivity (Wildman–Crippen MR) is 141 cm³/mol. The Morgan fingerprint density at radius 1 is 0.865 bits per heavy atom. The topological polar surface area (TPSA) is 76.5 Å². The lowest BCUT2D eigenvalue weighted by Crippen LogP contribution is -1.90. The number of halogens is 1. The van der Waals surface area contributed by atoms with Gasteiger partial charge in [0.1, 0.15) is 11.5 Å². The number of aromatic nitrogens is 4. The standard InChI is InChI=1S/C29H21FN4O2S/c30-26-15-22(21-5-3-4-19(14-21)17-35)9-12-25(26)28-32-29(36-33-28)20-7-10-24(11-8-20)37-18-23-16-34-13-2-1-6-27(34)31-23/h1-16,35H,17-18H2. The largest absolute Gasteiger partial charge is 0.392 e. The molecule has 3 heterocycles. The fraction of sp³-hybridized carbons (Fsp3) is 0.0690. The summed E-state index contributed by atoms with van der Waals surface area (Å²) in [6.45, 7) is -0.0679. The molecule has 0 saturated carbocycles. The summed E-state index contributed by atoms with van der Waals surface area (Å²) in [6, 6.07) is 26.0. The van der Waals surface area contributed by atoms with Crippen molar-refractivity contribution < 1.29 is 14.0 Å².